The summed E-state index contributed by atoms with van der Waals surface area (Å²) in [7, 11) is 0. The molecular weight excluding hydrogens is 448 g/mol. The van der Waals surface area contributed by atoms with E-state index in [0.29, 0.717) is 5.82 Å². The molecule has 0 aliphatic heterocycles. The van der Waals surface area contributed by atoms with E-state index >= 15 is 0 Å². The first-order valence-corrected chi connectivity index (χ1v) is 10.4. The maximum Gasteiger partial charge on any atom is 0.300 e. The smallest absolute Gasteiger partial charge is 0.300 e. The number of aromatic amines is 1. The Morgan fingerprint density at radius 2 is 1.60 bits per heavy atom. The Morgan fingerprint density at radius 3 is 2.29 bits per heavy atom. The number of nitrogen functional groups attached to an aromatic ring is 1. The summed E-state index contributed by atoms with van der Waals surface area (Å²) < 4.78 is 0. The molecule has 0 spiro atoms. The minimum Gasteiger partial charge on any atom is -0.481 e. The van der Waals surface area contributed by atoms with Gasteiger partial charge in [-0.2, -0.15) is 10.1 Å². The molecule has 0 unspecified atom stereocenters. The van der Waals surface area contributed by atoms with Crippen LogP contribution in [0.25, 0.3) is 32.8 Å². The summed E-state index contributed by atoms with van der Waals surface area (Å²) >= 11 is 0. The zero-order valence-corrected chi connectivity index (χ0v) is 19.1. The lowest BCUT2D eigenvalue weighted by atomic mass is 9.99. The minimum atomic E-state index is -0.833. The lowest BCUT2D eigenvalue weighted by Gasteiger charge is -2.11. The van der Waals surface area contributed by atoms with Crippen molar-refractivity contribution in [1.29, 1.82) is 0 Å². The zero-order valence-electron chi connectivity index (χ0n) is 19.1. The number of carboxylic acid groups (broad SMARTS) is 2. The number of nitrogens with two attached hydrogens (primary N) is 1. The van der Waals surface area contributed by atoms with E-state index in [1.807, 2.05) is 18.3 Å². The molecule has 178 valence electrons. The SMILES string of the molecule is CC(=O)O.CC(=O)O.Nc1nccc(Nc2cc(-c3ccc4ccccc4c3)c3[nH]ncc3c2)n1. The second kappa shape index (κ2) is 11.2. The van der Waals surface area contributed by atoms with Gasteiger partial charge in [-0.05, 0) is 40.6 Å². The second-order valence-corrected chi connectivity index (χ2v) is 7.38. The van der Waals surface area contributed by atoms with Crippen LogP contribution in [0.5, 0.6) is 0 Å². The lowest BCUT2D eigenvalue weighted by Crippen LogP contribution is -1.99. The van der Waals surface area contributed by atoms with E-state index in [1.54, 1.807) is 12.3 Å². The zero-order chi connectivity index (χ0) is 25.4. The standard InChI is InChI=1S/C21H16N6.2C2H4O2/c22-21-23-8-7-19(26-21)25-17-10-16-12-24-27-20(16)18(11-17)15-6-5-13-3-1-2-4-14(13)9-15;2*1-2(3)4/h1-12H,(H,24,27)(H3,22,23,25,26);2*1H3,(H,3,4). The number of nitrogens with one attached hydrogen (secondary N) is 2. The number of benzene rings is 3. The van der Waals surface area contributed by atoms with Gasteiger partial charge >= 0.3 is 0 Å². The van der Waals surface area contributed by atoms with Crippen LogP contribution in [0, 0.1) is 0 Å². The number of aliphatic carboxylic acids is 2. The highest BCUT2D eigenvalue weighted by Crippen LogP contribution is 2.33. The summed E-state index contributed by atoms with van der Waals surface area (Å²) in [6.45, 7) is 2.17. The molecule has 10 nitrogen and oxygen atoms in total. The van der Waals surface area contributed by atoms with Crippen molar-refractivity contribution in [3.05, 3.63) is 73.1 Å². The molecular formula is C25H24N6O4. The van der Waals surface area contributed by atoms with E-state index in [-0.39, 0.29) is 5.95 Å². The number of nitrogens with zero attached hydrogens (tertiary/aromatic N) is 3. The quantitative estimate of drug-likeness (QED) is 0.250. The fourth-order valence-electron chi connectivity index (χ4n) is 3.31. The Labute approximate surface area is 200 Å². The Kier molecular flexibility index (Phi) is 7.91. The minimum absolute atomic E-state index is 0.235. The molecule has 2 heterocycles. The van der Waals surface area contributed by atoms with Crippen molar-refractivity contribution in [3.63, 3.8) is 0 Å². The van der Waals surface area contributed by atoms with Crippen LogP contribution < -0.4 is 11.1 Å². The van der Waals surface area contributed by atoms with E-state index < -0.39 is 11.9 Å². The number of H-pyrrole nitrogens is 1. The first-order chi connectivity index (χ1) is 16.7. The average molecular weight is 473 g/mol. The highest BCUT2D eigenvalue weighted by molar-refractivity contribution is 5.99. The predicted octanol–water partition coefficient (Wildman–Crippen LogP) is 4.68. The average Bonchev–Trinajstić information content (AvgIpc) is 3.26. The molecule has 35 heavy (non-hydrogen) atoms. The number of hydrogen-bond donors (Lipinski definition) is 5. The molecule has 0 saturated heterocycles. The van der Waals surface area contributed by atoms with Crippen LogP contribution in [0.2, 0.25) is 0 Å². The number of anilines is 3. The van der Waals surface area contributed by atoms with Gasteiger partial charge in [-0.1, -0.05) is 36.4 Å². The third-order valence-corrected chi connectivity index (χ3v) is 4.56. The van der Waals surface area contributed by atoms with Gasteiger partial charge in [0.15, 0.2) is 0 Å². The molecule has 3 aromatic carbocycles. The molecule has 10 heteroatoms. The van der Waals surface area contributed by atoms with Crippen molar-refractivity contribution in [2.24, 2.45) is 0 Å². The normalized spacial score (nSPS) is 10.0. The molecule has 0 bridgehead atoms. The van der Waals surface area contributed by atoms with Gasteiger partial charge in [0.25, 0.3) is 11.9 Å². The molecule has 0 aliphatic rings. The van der Waals surface area contributed by atoms with Crippen LogP contribution >= 0.6 is 0 Å². The molecule has 0 saturated carbocycles. The van der Waals surface area contributed by atoms with Gasteiger partial charge in [-0.15, -0.1) is 0 Å². The van der Waals surface area contributed by atoms with Crippen molar-refractivity contribution >= 4 is 51.1 Å². The van der Waals surface area contributed by atoms with Crippen LogP contribution in [-0.4, -0.2) is 42.3 Å². The molecule has 6 N–H and O–H groups in total. The summed E-state index contributed by atoms with van der Waals surface area (Å²) in [5.41, 5.74) is 9.78. The molecule has 0 atom stereocenters. The molecule has 0 aliphatic carbocycles. The van der Waals surface area contributed by atoms with Gasteiger partial charge < -0.3 is 21.3 Å². The van der Waals surface area contributed by atoms with Crippen molar-refractivity contribution in [1.82, 2.24) is 20.2 Å². The fraction of sp³-hybridized carbons (Fsp3) is 0.0800. The first-order valence-electron chi connectivity index (χ1n) is 10.4. The maximum absolute atomic E-state index is 9.00. The molecule has 5 aromatic rings. The number of rotatable bonds is 3. The first kappa shape index (κ1) is 24.6. The van der Waals surface area contributed by atoms with Gasteiger partial charge in [0, 0.05) is 36.7 Å². The van der Waals surface area contributed by atoms with E-state index in [1.165, 1.54) is 10.8 Å². The summed E-state index contributed by atoms with van der Waals surface area (Å²) in [6.07, 6.45) is 3.45. The van der Waals surface area contributed by atoms with E-state index in [4.69, 9.17) is 25.5 Å². The molecule has 5 rings (SSSR count). The Bertz CT molecular complexity index is 1460. The Hall–Kier alpha value is -4.99. The Morgan fingerprint density at radius 1 is 0.914 bits per heavy atom. The molecule has 0 radical (unpaired) electrons. The van der Waals surface area contributed by atoms with Gasteiger partial charge in [0.1, 0.15) is 5.82 Å². The molecule has 0 amide bonds. The van der Waals surface area contributed by atoms with Crippen molar-refractivity contribution in [2.75, 3.05) is 11.1 Å². The van der Waals surface area contributed by atoms with Crippen molar-refractivity contribution < 1.29 is 19.8 Å². The van der Waals surface area contributed by atoms with Crippen LogP contribution in [0.1, 0.15) is 13.8 Å². The summed E-state index contributed by atoms with van der Waals surface area (Å²) in [6, 6.07) is 20.7. The topological polar surface area (TPSA) is 167 Å². The number of hydrogen-bond acceptors (Lipinski definition) is 7. The van der Waals surface area contributed by atoms with Crippen LogP contribution in [0.4, 0.5) is 17.5 Å². The van der Waals surface area contributed by atoms with Gasteiger partial charge in [-0.3, -0.25) is 14.7 Å². The highest BCUT2D eigenvalue weighted by atomic mass is 16.4. The number of carboxylic acids is 2. The third kappa shape index (κ3) is 6.99. The van der Waals surface area contributed by atoms with Crippen molar-refractivity contribution in [2.45, 2.75) is 13.8 Å². The maximum atomic E-state index is 9.00. The summed E-state index contributed by atoms with van der Waals surface area (Å²) in [5, 5.41) is 28.9. The van der Waals surface area contributed by atoms with Gasteiger partial charge in [0.2, 0.25) is 5.95 Å². The van der Waals surface area contributed by atoms with E-state index in [9.17, 15) is 0 Å². The van der Waals surface area contributed by atoms with Crippen LogP contribution in [0.3, 0.4) is 0 Å². The third-order valence-electron chi connectivity index (χ3n) is 4.56. The number of aromatic nitrogens is 4. The fourth-order valence-corrected chi connectivity index (χ4v) is 3.31. The van der Waals surface area contributed by atoms with E-state index in [0.717, 1.165) is 41.6 Å². The number of fused-ring (bicyclic) bond motifs is 2. The lowest BCUT2D eigenvalue weighted by molar-refractivity contribution is -0.135. The van der Waals surface area contributed by atoms with Gasteiger partial charge in [0.05, 0.1) is 11.7 Å². The summed E-state index contributed by atoms with van der Waals surface area (Å²) in [4.78, 5) is 26.1. The summed E-state index contributed by atoms with van der Waals surface area (Å²) in [5.74, 6) is -0.783. The van der Waals surface area contributed by atoms with Gasteiger partial charge in [-0.25, -0.2) is 4.98 Å². The highest BCUT2D eigenvalue weighted by Gasteiger charge is 2.10. The van der Waals surface area contributed by atoms with Crippen LogP contribution in [-0.2, 0) is 9.59 Å². The molecule has 0 fully saturated rings. The number of carbonyl (C=O) groups is 2. The second-order valence-electron chi connectivity index (χ2n) is 7.38. The predicted molar refractivity (Wildman–Crippen MR) is 135 cm³/mol. The largest absolute Gasteiger partial charge is 0.481 e. The van der Waals surface area contributed by atoms with E-state index in [2.05, 4.69) is 67.9 Å². The van der Waals surface area contributed by atoms with Crippen LogP contribution in [0.15, 0.2) is 73.1 Å². The molecule has 2 aromatic heterocycles. The monoisotopic (exact) mass is 472 g/mol. The van der Waals surface area contributed by atoms with Crippen molar-refractivity contribution in [3.8, 4) is 11.1 Å². The Balaban J connectivity index is 0.000000376.